The van der Waals surface area contributed by atoms with Crippen molar-refractivity contribution in [1.82, 2.24) is 9.44 Å². The van der Waals surface area contributed by atoms with Crippen LogP contribution in [0.1, 0.15) is 0 Å². The molecule has 0 spiro atoms. The zero-order valence-electron chi connectivity index (χ0n) is 33.7. The van der Waals surface area contributed by atoms with Crippen molar-refractivity contribution in [3.05, 3.63) is 11.5 Å². The van der Waals surface area contributed by atoms with Crippen LogP contribution in [0.2, 0.25) is 0 Å². The van der Waals surface area contributed by atoms with E-state index in [4.69, 9.17) is 37.7 Å². The van der Waals surface area contributed by atoms with E-state index in [9.17, 15) is 124 Å². The Bertz CT molecular complexity index is 2660. The summed E-state index contributed by atoms with van der Waals surface area (Å²) in [6.07, 6.45) is -45.0. The molecule has 414 valence electrons. The molecule has 3 fully saturated rings. The second-order valence-corrected chi connectivity index (χ2v) is 20.9. The fraction of sp³-hybridized carbons (Fsp3) is 0.833. The third-order valence-electron chi connectivity index (χ3n) is 9.32. The van der Waals surface area contributed by atoms with Crippen molar-refractivity contribution >= 4 is 74.1 Å². The van der Waals surface area contributed by atoms with Gasteiger partial charge in [0.2, 0.25) is 12.0 Å². The molecule has 0 radical (unpaired) electrons. The van der Waals surface area contributed by atoms with Crippen LogP contribution in [0.3, 0.4) is 0 Å². The van der Waals surface area contributed by atoms with Crippen LogP contribution < -0.4 is 9.44 Å². The van der Waals surface area contributed by atoms with Gasteiger partial charge >= 0.3 is 74.1 Å². The van der Waals surface area contributed by atoms with Crippen LogP contribution in [-0.4, -0.2) is 254 Å². The number of carboxylic acids is 2. The summed E-state index contributed by atoms with van der Waals surface area (Å²) < 4.78 is 252. The van der Waals surface area contributed by atoms with Crippen LogP contribution >= 0.6 is 0 Å². The molecule has 0 amide bonds. The minimum Gasteiger partial charge on any atom is -0.506 e. The van der Waals surface area contributed by atoms with E-state index in [1.807, 2.05) is 0 Å². The molecule has 0 unspecified atom stereocenters. The highest BCUT2D eigenvalue weighted by Crippen LogP contribution is 2.36. The van der Waals surface area contributed by atoms with Gasteiger partial charge in [-0.3, -0.25) is 27.3 Å². The summed E-state index contributed by atoms with van der Waals surface area (Å²) >= 11 is 0. The van der Waals surface area contributed by atoms with Crippen molar-refractivity contribution in [2.75, 3.05) is 13.2 Å². The molecule has 4 aliphatic heterocycles. The van der Waals surface area contributed by atoms with Crippen molar-refractivity contribution in [3.8, 4) is 0 Å². The summed E-state index contributed by atoms with van der Waals surface area (Å²) in [7, 11) is -34.3. The fourth-order valence-electron chi connectivity index (χ4n) is 6.66. The Kier molecular flexibility index (Phi) is 19.2. The first-order valence-electron chi connectivity index (χ1n) is 18.0. The van der Waals surface area contributed by atoms with Gasteiger partial charge in [-0.15, -0.1) is 0 Å². The van der Waals surface area contributed by atoms with Crippen LogP contribution in [0.4, 0.5) is 0 Å². The quantitative estimate of drug-likeness (QED) is 0.0448. The number of hydrogen-bond donors (Lipinski definition) is 16. The highest BCUT2D eigenvalue weighted by molar-refractivity contribution is 7.84. The molecule has 4 rings (SSSR count). The van der Waals surface area contributed by atoms with Crippen molar-refractivity contribution in [3.63, 3.8) is 0 Å². The molecule has 4 heterocycles. The standard InChI is InChI=1S/C24H38N2O39S6/c27-7-5(25-66(37,38)39)22(58-3(1-55-68(43,44)45)12(7)59-24-17(65-71(52,53)54)9(29)8(28)16(62-24)19(32)33)61-15-10(30)11(31)23(63-18(15)20(34)35)60-13-4(2-56-69(46,47)48)57-21(36)6(26-67(40,41)42)14(13)64-70(49,50)51/h3-7,9-15,17-18,21-31,36H,1-2H2,(H,32,33)(H,34,35)(H,37,38,39)(H,40,41,42)(H,43,44,45)(H,46,47,48)(H,49,50,51)(H,52,53,54)/t3-,4-,5-,6-,7-,9+,10-,11-,12-,13-,14-,15+,17-,18+,21+,22-,23-,24-/m1/s1. The molecule has 16 N–H and O–H groups in total. The summed E-state index contributed by atoms with van der Waals surface area (Å²) in [5.41, 5.74) is 0. The van der Waals surface area contributed by atoms with E-state index in [-0.39, 0.29) is 0 Å². The first kappa shape index (κ1) is 60.6. The summed E-state index contributed by atoms with van der Waals surface area (Å²) in [4.78, 5) is 24.4. The number of nitrogens with one attached hydrogen (secondary N) is 2. The van der Waals surface area contributed by atoms with E-state index in [1.165, 1.54) is 9.44 Å². The highest BCUT2D eigenvalue weighted by atomic mass is 32.3. The van der Waals surface area contributed by atoms with Gasteiger partial charge in [0, 0.05) is 0 Å². The maximum Gasteiger partial charge on any atom is 0.397 e. The molecule has 0 aliphatic carbocycles. The van der Waals surface area contributed by atoms with Crippen molar-refractivity contribution in [2.24, 2.45) is 0 Å². The number of aliphatic hydroxyl groups excluding tert-OH is 6. The lowest BCUT2D eigenvalue weighted by atomic mass is 9.95. The Labute approximate surface area is 395 Å². The molecule has 4 aliphatic rings. The number of aliphatic carboxylic acids is 2. The predicted molar refractivity (Wildman–Crippen MR) is 201 cm³/mol. The molecule has 0 saturated carbocycles. The van der Waals surface area contributed by atoms with Gasteiger partial charge in [0.15, 0.2) is 36.8 Å². The summed E-state index contributed by atoms with van der Waals surface area (Å²) in [6.45, 7) is -3.36. The van der Waals surface area contributed by atoms with Crippen LogP contribution in [0, 0.1) is 0 Å². The predicted octanol–water partition coefficient (Wildman–Crippen LogP) is -10.4. The van der Waals surface area contributed by atoms with Crippen molar-refractivity contribution in [2.45, 2.75) is 110 Å². The highest BCUT2D eigenvalue weighted by Gasteiger charge is 2.58. The molecule has 3 saturated heterocycles. The normalized spacial score (nSPS) is 37.0. The second-order valence-electron chi connectivity index (χ2n) is 14.2. The van der Waals surface area contributed by atoms with Gasteiger partial charge in [0.25, 0.3) is 0 Å². The van der Waals surface area contributed by atoms with Crippen molar-refractivity contribution < 1.29 is 178 Å². The maximum absolute atomic E-state index is 12.6. The smallest absolute Gasteiger partial charge is 0.397 e. The third kappa shape index (κ3) is 17.0. The molecule has 47 heteroatoms. The van der Waals surface area contributed by atoms with E-state index in [0.717, 1.165) is 0 Å². The van der Waals surface area contributed by atoms with E-state index in [0.29, 0.717) is 0 Å². The number of aliphatic hydroxyl groups is 6. The van der Waals surface area contributed by atoms with Crippen LogP contribution in [-0.2, 0) is 122 Å². The lowest BCUT2D eigenvalue weighted by molar-refractivity contribution is -0.364. The molecular weight excluding hydrogens is 1130 g/mol. The van der Waals surface area contributed by atoms with Gasteiger partial charge in [-0.2, -0.15) is 60.0 Å². The van der Waals surface area contributed by atoms with Gasteiger partial charge in [-0.05, 0) is 0 Å². The summed E-state index contributed by atoms with van der Waals surface area (Å²) in [5, 5.41) is 84.5. The monoisotopic (exact) mass is 1170 g/mol. The van der Waals surface area contributed by atoms with Gasteiger partial charge in [-0.1, -0.05) is 0 Å². The zero-order chi connectivity index (χ0) is 54.3. The van der Waals surface area contributed by atoms with Crippen LogP contribution in [0.25, 0.3) is 0 Å². The van der Waals surface area contributed by atoms with Gasteiger partial charge < -0.3 is 74.0 Å². The Morgan fingerprint density at radius 1 is 0.521 bits per heavy atom. The summed E-state index contributed by atoms with van der Waals surface area (Å²) in [5.74, 6) is -8.00. The molecule has 0 aromatic heterocycles. The SMILES string of the molecule is O=C(O)C1=C(O)[C@H](O)[C@@H](OS(=O)(=O)O)[C@H](O[C@H]2[C@H](O)[C@@H](NS(=O)(=O)O)[C@@H](O[C@H]3[C@H](O)[C@@H](O)[C@H](O[C@H]4[C@H](OS(=O)(=O)O)[C@@H](NS(=O)(=O)O)[C@@H](O)O[C@@H]4COS(=O)(=O)O)O[C@@H]3C(=O)O)O[C@@H]2COS(=O)(=O)O)O1. The molecule has 0 aromatic carbocycles. The van der Waals surface area contributed by atoms with Crippen LogP contribution in [0.15, 0.2) is 11.5 Å². The molecule has 71 heavy (non-hydrogen) atoms. The molecule has 41 nitrogen and oxygen atoms in total. The van der Waals surface area contributed by atoms with Gasteiger partial charge in [0.05, 0.1) is 13.2 Å². The number of carboxylic acid groups (broad SMARTS) is 2. The topological polar surface area (TPSA) is 648 Å². The minimum atomic E-state index is -5.92. The molecule has 18 atom stereocenters. The molecular formula is C24H38N2O39S6. The lowest BCUT2D eigenvalue weighted by Crippen LogP contribution is -2.70. The van der Waals surface area contributed by atoms with Gasteiger partial charge in [0.1, 0.15) is 73.1 Å². The van der Waals surface area contributed by atoms with Gasteiger partial charge in [-0.25, -0.2) is 26.3 Å². The average Bonchev–Trinajstić information content (AvgIpc) is 3.17. The van der Waals surface area contributed by atoms with E-state index in [2.05, 4.69) is 16.7 Å². The minimum absolute atomic E-state index is 1.17. The van der Waals surface area contributed by atoms with E-state index < -0.39 is 209 Å². The zero-order valence-corrected chi connectivity index (χ0v) is 38.6. The summed E-state index contributed by atoms with van der Waals surface area (Å²) in [6, 6.07) is -5.50. The lowest BCUT2D eigenvalue weighted by Gasteiger charge is -2.49. The Hall–Kier alpha value is -2.94. The van der Waals surface area contributed by atoms with E-state index >= 15 is 0 Å². The first-order valence-corrected chi connectivity index (χ1v) is 26.3. The van der Waals surface area contributed by atoms with Crippen molar-refractivity contribution in [1.29, 1.82) is 0 Å². The molecule has 0 aromatic rings. The van der Waals surface area contributed by atoms with Crippen LogP contribution in [0.5, 0.6) is 0 Å². The first-order chi connectivity index (χ1) is 32.1. The number of rotatable bonds is 22. The Morgan fingerprint density at radius 3 is 1.45 bits per heavy atom. The number of ether oxygens (including phenoxy) is 7. The van der Waals surface area contributed by atoms with E-state index in [1.54, 1.807) is 0 Å². The Balaban J connectivity index is 1.77. The third-order valence-corrected chi connectivity index (χ3v) is 12.3. The average molecular weight is 1170 g/mol. The second kappa shape index (κ2) is 22.5. The fourth-order valence-corrected chi connectivity index (χ4v) is 9.45. The molecule has 0 bridgehead atoms. The Morgan fingerprint density at radius 2 is 0.986 bits per heavy atom. The largest absolute Gasteiger partial charge is 0.506 e. The number of hydrogen-bond acceptors (Lipinski definition) is 31. The maximum atomic E-state index is 12.6. The number of carbonyl (C=O) groups is 2.